The van der Waals surface area contributed by atoms with Crippen LogP contribution in [0, 0.1) is 6.07 Å². The summed E-state index contributed by atoms with van der Waals surface area (Å²) in [4.78, 5) is 2.05. The smallest absolute Gasteiger partial charge is 0.203 e. The number of anilines is 1. The lowest BCUT2D eigenvalue weighted by atomic mass is 10.0. The largest absolute Gasteiger partial charge is 0.493 e. The summed E-state index contributed by atoms with van der Waals surface area (Å²) >= 11 is 0. The molecule has 0 aliphatic heterocycles. The summed E-state index contributed by atoms with van der Waals surface area (Å²) < 4.78 is 16.2. The topological polar surface area (TPSA) is 30.9 Å². The molecule has 0 unspecified atom stereocenters. The van der Waals surface area contributed by atoms with Crippen LogP contribution in [0.4, 0.5) is 5.69 Å². The van der Waals surface area contributed by atoms with Gasteiger partial charge in [0.15, 0.2) is 11.5 Å². The third-order valence-corrected chi connectivity index (χ3v) is 3.31. The van der Waals surface area contributed by atoms with E-state index < -0.39 is 0 Å². The van der Waals surface area contributed by atoms with Gasteiger partial charge in [0.2, 0.25) is 5.75 Å². The van der Waals surface area contributed by atoms with Gasteiger partial charge in [-0.15, -0.1) is 0 Å². The molecule has 0 spiro atoms. The van der Waals surface area contributed by atoms with Gasteiger partial charge in [-0.3, -0.25) is 0 Å². The monoisotopic (exact) mass is 286 g/mol. The maximum absolute atomic E-state index is 5.50. The number of hydrogen-bond acceptors (Lipinski definition) is 4. The molecule has 2 aromatic rings. The number of hydrogen-bond donors (Lipinski definition) is 0. The van der Waals surface area contributed by atoms with Crippen LogP contribution in [0.3, 0.4) is 0 Å². The van der Waals surface area contributed by atoms with Crippen molar-refractivity contribution in [3.8, 4) is 28.4 Å². The van der Waals surface area contributed by atoms with Crippen LogP contribution in [0.2, 0.25) is 0 Å². The number of ether oxygens (including phenoxy) is 3. The molecule has 2 rings (SSSR count). The third kappa shape index (κ3) is 2.89. The summed E-state index contributed by atoms with van der Waals surface area (Å²) in [6.07, 6.45) is 0. The number of methoxy groups -OCH3 is 3. The highest BCUT2D eigenvalue weighted by atomic mass is 16.5. The Morgan fingerprint density at radius 2 is 1.48 bits per heavy atom. The van der Waals surface area contributed by atoms with Crippen molar-refractivity contribution in [3.63, 3.8) is 0 Å². The molecule has 0 bridgehead atoms. The van der Waals surface area contributed by atoms with Gasteiger partial charge >= 0.3 is 0 Å². The fraction of sp³-hybridized carbons (Fsp3) is 0.294. The van der Waals surface area contributed by atoms with E-state index in [0.717, 1.165) is 16.8 Å². The predicted octanol–water partition coefficient (Wildman–Crippen LogP) is 3.25. The van der Waals surface area contributed by atoms with Crippen LogP contribution >= 0.6 is 0 Å². The lowest BCUT2D eigenvalue weighted by molar-refractivity contribution is 0.325. The van der Waals surface area contributed by atoms with Crippen molar-refractivity contribution in [2.75, 3.05) is 40.3 Å². The van der Waals surface area contributed by atoms with E-state index in [1.807, 2.05) is 26.2 Å². The van der Waals surface area contributed by atoms with Gasteiger partial charge in [-0.2, -0.15) is 0 Å². The van der Waals surface area contributed by atoms with Gasteiger partial charge in [0, 0.05) is 25.3 Å². The lowest BCUT2D eigenvalue weighted by Crippen LogP contribution is -2.07. The van der Waals surface area contributed by atoms with Crippen LogP contribution in [0.1, 0.15) is 0 Å². The molecule has 0 saturated heterocycles. The molecule has 2 aromatic carbocycles. The van der Waals surface area contributed by atoms with E-state index in [4.69, 9.17) is 14.2 Å². The van der Waals surface area contributed by atoms with Crippen molar-refractivity contribution in [3.05, 3.63) is 36.4 Å². The average molecular weight is 286 g/mol. The summed E-state index contributed by atoms with van der Waals surface area (Å²) in [6, 6.07) is 13.1. The number of nitrogens with zero attached hydrogens (tertiary/aromatic N) is 1. The molecule has 0 aliphatic carbocycles. The molecule has 0 aliphatic rings. The summed E-state index contributed by atoms with van der Waals surface area (Å²) in [7, 11) is 8.83. The highest BCUT2D eigenvalue weighted by molar-refractivity contribution is 5.76. The third-order valence-electron chi connectivity index (χ3n) is 3.31. The summed E-state index contributed by atoms with van der Waals surface area (Å²) in [5.41, 5.74) is 3.00. The zero-order valence-corrected chi connectivity index (χ0v) is 13.1. The van der Waals surface area contributed by atoms with Crippen molar-refractivity contribution in [2.45, 2.75) is 0 Å². The van der Waals surface area contributed by atoms with Gasteiger partial charge < -0.3 is 19.1 Å². The Hall–Kier alpha value is -2.36. The average Bonchev–Trinajstić information content (AvgIpc) is 2.53. The maximum Gasteiger partial charge on any atom is 0.203 e. The highest BCUT2D eigenvalue weighted by Gasteiger charge is 2.17. The minimum Gasteiger partial charge on any atom is -0.493 e. The van der Waals surface area contributed by atoms with E-state index in [9.17, 15) is 0 Å². The van der Waals surface area contributed by atoms with E-state index in [1.165, 1.54) is 0 Å². The first-order valence-corrected chi connectivity index (χ1v) is 6.60. The van der Waals surface area contributed by atoms with Crippen LogP contribution < -0.4 is 19.1 Å². The normalized spacial score (nSPS) is 10.1. The van der Waals surface area contributed by atoms with Gasteiger partial charge in [0.25, 0.3) is 0 Å². The maximum atomic E-state index is 5.50. The van der Waals surface area contributed by atoms with Gasteiger partial charge in [0.05, 0.1) is 21.3 Å². The van der Waals surface area contributed by atoms with Crippen molar-refractivity contribution in [2.24, 2.45) is 0 Å². The van der Waals surface area contributed by atoms with Crippen molar-refractivity contribution in [1.29, 1.82) is 0 Å². The van der Waals surface area contributed by atoms with E-state index in [-0.39, 0.29) is 0 Å². The van der Waals surface area contributed by atoms with Crippen LogP contribution in [-0.4, -0.2) is 35.4 Å². The zero-order valence-electron chi connectivity index (χ0n) is 13.1. The Balaban J connectivity index is 2.53. The van der Waals surface area contributed by atoms with Crippen molar-refractivity contribution < 1.29 is 14.2 Å². The second kappa shape index (κ2) is 6.39. The molecule has 0 aromatic heterocycles. The first-order chi connectivity index (χ1) is 10.1. The Kier molecular flexibility index (Phi) is 4.58. The van der Waals surface area contributed by atoms with E-state index in [0.29, 0.717) is 17.2 Å². The van der Waals surface area contributed by atoms with Crippen LogP contribution in [-0.2, 0) is 0 Å². The molecule has 0 amide bonds. The fourth-order valence-corrected chi connectivity index (χ4v) is 2.17. The number of benzene rings is 2. The molecule has 111 valence electrons. The molecular formula is C17H20NO3. The summed E-state index contributed by atoms with van der Waals surface area (Å²) in [5.74, 6) is 1.79. The predicted molar refractivity (Wildman–Crippen MR) is 84.7 cm³/mol. The molecule has 4 nitrogen and oxygen atoms in total. The second-order valence-corrected chi connectivity index (χ2v) is 4.74. The van der Waals surface area contributed by atoms with E-state index in [2.05, 4.69) is 23.1 Å². The van der Waals surface area contributed by atoms with Crippen LogP contribution in [0.5, 0.6) is 17.2 Å². The first kappa shape index (κ1) is 15.0. The number of rotatable bonds is 5. The Labute approximate surface area is 125 Å². The molecule has 0 fully saturated rings. The molecule has 1 radical (unpaired) electrons. The SMILES string of the molecule is COc1c[c]c(-c2ccc(N(C)C)cc2)c(OC)c1OC. The summed E-state index contributed by atoms with van der Waals surface area (Å²) in [5, 5.41) is 0. The molecule has 0 N–H and O–H groups in total. The summed E-state index contributed by atoms with van der Waals surface area (Å²) in [6.45, 7) is 0. The lowest BCUT2D eigenvalue weighted by Gasteiger charge is -2.16. The Morgan fingerprint density at radius 3 is 1.95 bits per heavy atom. The Bertz CT molecular complexity index is 606. The second-order valence-electron chi connectivity index (χ2n) is 4.74. The molecule has 4 heteroatoms. The molecule has 0 atom stereocenters. The standard InChI is InChI=1S/C17H20NO3/c1-18(2)13-8-6-12(7-9-13)14-10-11-15(19-3)17(21-5)16(14)20-4/h6-9,11H,1-5H3. The van der Waals surface area contributed by atoms with E-state index >= 15 is 0 Å². The fourth-order valence-electron chi connectivity index (χ4n) is 2.17. The Morgan fingerprint density at radius 1 is 0.857 bits per heavy atom. The molecular weight excluding hydrogens is 266 g/mol. The van der Waals surface area contributed by atoms with Gasteiger partial charge in [-0.25, -0.2) is 0 Å². The molecule has 21 heavy (non-hydrogen) atoms. The van der Waals surface area contributed by atoms with Gasteiger partial charge in [-0.1, -0.05) is 12.1 Å². The zero-order chi connectivity index (χ0) is 15.4. The van der Waals surface area contributed by atoms with Gasteiger partial charge in [0.1, 0.15) is 0 Å². The molecule has 0 heterocycles. The van der Waals surface area contributed by atoms with Crippen LogP contribution in [0.25, 0.3) is 11.1 Å². The van der Waals surface area contributed by atoms with Gasteiger partial charge in [-0.05, 0) is 29.8 Å². The minimum atomic E-state index is 0.574. The minimum absolute atomic E-state index is 0.574. The van der Waals surface area contributed by atoms with Crippen LogP contribution in [0.15, 0.2) is 30.3 Å². The van der Waals surface area contributed by atoms with Crippen molar-refractivity contribution >= 4 is 5.69 Å². The quantitative estimate of drug-likeness (QED) is 0.844. The van der Waals surface area contributed by atoms with E-state index in [1.54, 1.807) is 27.4 Å². The van der Waals surface area contributed by atoms with Crippen molar-refractivity contribution in [1.82, 2.24) is 0 Å². The highest BCUT2D eigenvalue weighted by Crippen LogP contribution is 2.43. The first-order valence-electron chi connectivity index (χ1n) is 6.60. The molecule has 0 saturated carbocycles.